The Hall–Kier alpha value is -1.65. The summed E-state index contributed by atoms with van der Waals surface area (Å²) in [4.78, 5) is 14.3. The summed E-state index contributed by atoms with van der Waals surface area (Å²) in [7, 11) is 1.71. The van der Waals surface area contributed by atoms with Gasteiger partial charge in [-0.2, -0.15) is 0 Å². The van der Waals surface area contributed by atoms with Gasteiger partial charge in [0.2, 0.25) is 5.91 Å². The summed E-state index contributed by atoms with van der Waals surface area (Å²) in [5, 5.41) is 0. The molecule has 0 bridgehead atoms. The van der Waals surface area contributed by atoms with Crippen molar-refractivity contribution < 1.29 is 14.3 Å². The summed E-state index contributed by atoms with van der Waals surface area (Å²) in [5.74, 6) is 0.468. The van der Waals surface area contributed by atoms with Crippen LogP contribution in [0.3, 0.4) is 0 Å². The third-order valence-electron chi connectivity index (χ3n) is 4.48. The van der Waals surface area contributed by atoms with Gasteiger partial charge in [0.25, 0.3) is 0 Å². The van der Waals surface area contributed by atoms with Crippen molar-refractivity contribution in [3.05, 3.63) is 42.0 Å². The van der Waals surface area contributed by atoms with Crippen molar-refractivity contribution in [2.24, 2.45) is 11.3 Å². The molecule has 112 valence electrons. The van der Waals surface area contributed by atoms with Gasteiger partial charge in [-0.25, -0.2) is 0 Å². The molecule has 3 rings (SSSR count). The number of benzene rings is 1. The molecule has 2 heterocycles. The second-order valence-corrected chi connectivity index (χ2v) is 5.97. The molecule has 0 aromatic heterocycles. The molecule has 21 heavy (non-hydrogen) atoms. The SMILES string of the molecule is COC[C@@]12COC[C@@H]1CN(C(=O)/C=C/c1ccccc1)C2. The van der Waals surface area contributed by atoms with E-state index in [4.69, 9.17) is 9.47 Å². The third kappa shape index (κ3) is 2.87. The molecule has 0 spiro atoms. The van der Waals surface area contributed by atoms with Crippen molar-refractivity contribution in [2.75, 3.05) is 40.0 Å². The van der Waals surface area contributed by atoms with Crippen molar-refractivity contribution in [1.82, 2.24) is 4.90 Å². The van der Waals surface area contributed by atoms with Crippen molar-refractivity contribution in [2.45, 2.75) is 0 Å². The first-order valence-electron chi connectivity index (χ1n) is 7.32. The van der Waals surface area contributed by atoms with E-state index in [-0.39, 0.29) is 11.3 Å². The maximum atomic E-state index is 12.4. The largest absolute Gasteiger partial charge is 0.384 e. The van der Waals surface area contributed by atoms with Gasteiger partial charge in [-0.1, -0.05) is 30.3 Å². The number of carbonyl (C=O) groups is 1. The van der Waals surface area contributed by atoms with E-state index < -0.39 is 0 Å². The summed E-state index contributed by atoms with van der Waals surface area (Å²) in [6, 6.07) is 9.88. The Kier molecular flexibility index (Phi) is 4.08. The maximum absolute atomic E-state index is 12.4. The molecule has 2 atom stereocenters. The summed E-state index contributed by atoms with van der Waals surface area (Å²) >= 11 is 0. The minimum Gasteiger partial charge on any atom is -0.384 e. The van der Waals surface area contributed by atoms with Crippen molar-refractivity contribution in [3.8, 4) is 0 Å². The van der Waals surface area contributed by atoms with Crippen LogP contribution in [0.2, 0.25) is 0 Å². The number of ether oxygens (including phenoxy) is 2. The van der Waals surface area contributed by atoms with E-state index in [1.807, 2.05) is 41.3 Å². The van der Waals surface area contributed by atoms with E-state index in [1.165, 1.54) is 0 Å². The first kappa shape index (κ1) is 14.3. The Morgan fingerprint density at radius 1 is 1.48 bits per heavy atom. The highest BCUT2D eigenvalue weighted by atomic mass is 16.5. The van der Waals surface area contributed by atoms with Gasteiger partial charge < -0.3 is 14.4 Å². The number of carbonyl (C=O) groups excluding carboxylic acids is 1. The Morgan fingerprint density at radius 3 is 3.05 bits per heavy atom. The molecule has 2 saturated heterocycles. The van der Waals surface area contributed by atoms with Gasteiger partial charge in [0, 0.05) is 37.6 Å². The van der Waals surface area contributed by atoms with Crippen LogP contribution in [0, 0.1) is 11.3 Å². The number of hydrogen-bond donors (Lipinski definition) is 0. The van der Waals surface area contributed by atoms with E-state index >= 15 is 0 Å². The molecule has 0 N–H and O–H groups in total. The van der Waals surface area contributed by atoms with Crippen molar-refractivity contribution in [3.63, 3.8) is 0 Å². The Balaban J connectivity index is 1.66. The van der Waals surface area contributed by atoms with Crippen molar-refractivity contribution >= 4 is 12.0 Å². The highest BCUT2D eigenvalue weighted by molar-refractivity contribution is 5.92. The van der Waals surface area contributed by atoms with E-state index in [2.05, 4.69) is 0 Å². The van der Waals surface area contributed by atoms with Crippen LogP contribution in [0.15, 0.2) is 36.4 Å². The van der Waals surface area contributed by atoms with Crippen LogP contribution in [0.1, 0.15) is 5.56 Å². The first-order chi connectivity index (χ1) is 10.2. The maximum Gasteiger partial charge on any atom is 0.246 e. The molecule has 0 radical (unpaired) electrons. The molecule has 2 aliphatic rings. The van der Waals surface area contributed by atoms with Gasteiger partial charge in [-0.3, -0.25) is 4.79 Å². The lowest BCUT2D eigenvalue weighted by Gasteiger charge is -2.25. The molecular weight excluding hydrogens is 266 g/mol. The van der Waals surface area contributed by atoms with Gasteiger partial charge in [0.05, 0.1) is 19.8 Å². The molecule has 1 amide bonds. The fourth-order valence-electron chi connectivity index (χ4n) is 3.33. The van der Waals surface area contributed by atoms with E-state index in [1.54, 1.807) is 13.2 Å². The van der Waals surface area contributed by atoms with E-state index in [0.717, 1.165) is 25.3 Å². The molecule has 1 aromatic carbocycles. The molecule has 4 nitrogen and oxygen atoms in total. The molecule has 2 fully saturated rings. The Bertz CT molecular complexity index is 528. The topological polar surface area (TPSA) is 38.8 Å². The average molecular weight is 287 g/mol. The standard InChI is InChI=1S/C17H21NO3/c1-20-12-17-11-18(9-15(17)10-21-13-17)16(19)8-7-14-5-3-2-4-6-14/h2-8,15H,9-13H2,1H3/b8-7+/t15-,17-/m0/s1. The number of hydrogen-bond acceptors (Lipinski definition) is 3. The molecule has 4 heteroatoms. The van der Waals surface area contributed by atoms with Crippen LogP contribution in [0.25, 0.3) is 6.08 Å². The second kappa shape index (κ2) is 6.00. The molecular formula is C17H21NO3. The van der Waals surface area contributed by atoms with Crippen molar-refractivity contribution in [1.29, 1.82) is 0 Å². The number of likely N-dealkylation sites (tertiary alicyclic amines) is 1. The lowest BCUT2D eigenvalue weighted by atomic mass is 9.82. The number of nitrogens with zero attached hydrogens (tertiary/aromatic N) is 1. The first-order valence-corrected chi connectivity index (χ1v) is 7.32. The quantitative estimate of drug-likeness (QED) is 0.793. The molecule has 0 aliphatic carbocycles. The second-order valence-electron chi connectivity index (χ2n) is 5.97. The number of methoxy groups -OCH3 is 1. The van der Waals surface area contributed by atoms with Gasteiger partial charge >= 0.3 is 0 Å². The lowest BCUT2D eigenvalue weighted by molar-refractivity contribution is -0.125. The summed E-state index contributed by atoms with van der Waals surface area (Å²) in [6.45, 7) is 3.57. The predicted octanol–water partition coefficient (Wildman–Crippen LogP) is 1.82. The van der Waals surface area contributed by atoms with Crippen LogP contribution in [0.5, 0.6) is 0 Å². The Labute approximate surface area is 125 Å². The van der Waals surface area contributed by atoms with Crippen LogP contribution in [-0.4, -0.2) is 50.8 Å². The highest BCUT2D eigenvalue weighted by Gasteiger charge is 2.51. The molecule has 2 aliphatic heterocycles. The molecule has 1 aromatic rings. The highest BCUT2D eigenvalue weighted by Crippen LogP contribution is 2.41. The average Bonchev–Trinajstić information content (AvgIpc) is 3.03. The van der Waals surface area contributed by atoms with Gasteiger partial charge in [-0.15, -0.1) is 0 Å². The zero-order chi connectivity index (χ0) is 14.7. The monoisotopic (exact) mass is 287 g/mol. The number of fused-ring (bicyclic) bond motifs is 1. The zero-order valence-electron chi connectivity index (χ0n) is 12.3. The van der Waals surface area contributed by atoms with Crippen LogP contribution >= 0.6 is 0 Å². The van der Waals surface area contributed by atoms with Gasteiger partial charge in [-0.05, 0) is 11.6 Å². The van der Waals surface area contributed by atoms with Gasteiger partial charge in [0.15, 0.2) is 0 Å². The van der Waals surface area contributed by atoms with E-state index in [0.29, 0.717) is 19.1 Å². The normalized spacial score (nSPS) is 28.2. The Morgan fingerprint density at radius 2 is 2.29 bits per heavy atom. The lowest BCUT2D eigenvalue weighted by Crippen LogP contribution is -2.36. The number of amides is 1. The zero-order valence-corrected chi connectivity index (χ0v) is 12.3. The number of rotatable bonds is 4. The summed E-state index contributed by atoms with van der Waals surface area (Å²) in [6.07, 6.45) is 3.54. The van der Waals surface area contributed by atoms with Crippen LogP contribution in [-0.2, 0) is 14.3 Å². The van der Waals surface area contributed by atoms with E-state index in [9.17, 15) is 4.79 Å². The van der Waals surface area contributed by atoms with Crippen LogP contribution < -0.4 is 0 Å². The minimum absolute atomic E-state index is 0.00893. The van der Waals surface area contributed by atoms with Crippen LogP contribution in [0.4, 0.5) is 0 Å². The summed E-state index contributed by atoms with van der Waals surface area (Å²) in [5.41, 5.74) is 1.03. The summed E-state index contributed by atoms with van der Waals surface area (Å²) < 4.78 is 10.9. The third-order valence-corrected chi connectivity index (χ3v) is 4.48. The predicted molar refractivity (Wildman–Crippen MR) is 80.7 cm³/mol. The molecule has 0 unspecified atom stereocenters. The molecule has 0 saturated carbocycles. The smallest absolute Gasteiger partial charge is 0.246 e. The minimum atomic E-state index is -0.00893. The fourth-order valence-corrected chi connectivity index (χ4v) is 3.33. The fraction of sp³-hybridized carbons (Fsp3) is 0.471. The van der Waals surface area contributed by atoms with Gasteiger partial charge in [0.1, 0.15) is 0 Å².